The summed E-state index contributed by atoms with van der Waals surface area (Å²) in [7, 11) is 0. The lowest BCUT2D eigenvalue weighted by atomic mass is 9.69. The molecular formula is C18H22O3. The Morgan fingerprint density at radius 3 is 2.62 bits per heavy atom. The van der Waals surface area contributed by atoms with E-state index in [-0.39, 0.29) is 22.8 Å². The summed E-state index contributed by atoms with van der Waals surface area (Å²) in [6.07, 6.45) is 6.96. The Morgan fingerprint density at radius 2 is 2.00 bits per heavy atom. The minimum atomic E-state index is -0.173. The van der Waals surface area contributed by atoms with Crippen LogP contribution in [0.5, 0.6) is 5.75 Å². The Balaban J connectivity index is 2.29. The van der Waals surface area contributed by atoms with Crippen molar-refractivity contribution >= 4 is 0 Å². The van der Waals surface area contributed by atoms with Gasteiger partial charge in [-0.3, -0.25) is 0 Å². The van der Waals surface area contributed by atoms with E-state index in [1.165, 1.54) is 0 Å². The number of allylic oxidation sites excluding steroid dienone is 4. The number of hydrogen-bond donors (Lipinski definition) is 2. The van der Waals surface area contributed by atoms with E-state index in [1.54, 1.807) is 37.5 Å². The predicted octanol–water partition coefficient (Wildman–Crippen LogP) is 4.22. The molecule has 1 aromatic rings. The number of aromatic hydroxyl groups is 1. The SMILES string of the molecule is C/C=C(O)\C=C/C1=COCC(C)(c2ccc(O)cc2)C1C. The molecule has 3 nitrogen and oxygen atoms in total. The van der Waals surface area contributed by atoms with Gasteiger partial charge < -0.3 is 14.9 Å². The minimum absolute atomic E-state index is 0.173. The van der Waals surface area contributed by atoms with E-state index in [1.807, 2.05) is 18.2 Å². The topological polar surface area (TPSA) is 49.7 Å². The maximum absolute atomic E-state index is 9.53. The second kappa shape index (κ2) is 6.08. The van der Waals surface area contributed by atoms with Gasteiger partial charge in [0.25, 0.3) is 0 Å². The van der Waals surface area contributed by atoms with Crippen molar-refractivity contribution in [3.05, 3.63) is 65.7 Å². The van der Waals surface area contributed by atoms with Gasteiger partial charge in [0.05, 0.1) is 12.9 Å². The van der Waals surface area contributed by atoms with E-state index in [4.69, 9.17) is 4.74 Å². The summed E-state index contributed by atoms with van der Waals surface area (Å²) < 4.78 is 5.64. The summed E-state index contributed by atoms with van der Waals surface area (Å²) in [5.41, 5.74) is 1.99. The number of aliphatic hydroxyl groups is 1. The zero-order chi connectivity index (χ0) is 15.5. The monoisotopic (exact) mass is 286 g/mol. The van der Waals surface area contributed by atoms with Crippen LogP contribution in [0.4, 0.5) is 0 Å². The fourth-order valence-corrected chi connectivity index (χ4v) is 2.54. The van der Waals surface area contributed by atoms with E-state index in [0.717, 1.165) is 11.1 Å². The first-order chi connectivity index (χ1) is 9.97. The lowest BCUT2D eigenvalue weighted by Gasteiger charge is -2.39. The molecule has 112 valence electrons. The van der Waals surface area contributed by atoms with Crippen LogP contribution in [0.15, 0.2) is 60.1 Å². The van der Waals surface area contributed by atoms with Crippen LogP contribution in [0.3, 0.4) is 0 Å². The maximum Gasteiger partial charge on any atom is 0.115 e. The molecule has 0 fully saturated rings. The van der Waals surface area contributed by atoms with Crippen LogP contribution in [0.1, 0.15) is 26.3 Å². The molecule has 0 saturated heterocycles. The van der Waals surface area contributed by atoms with Crippen molar-refractivity contribution in [2.45, 2.75) is 26.2 Å². The van der Waals surface area contributed by atoms with Gasteiger partial charge in [-0.25, -0.2) is 0 Å². The summed E-state index contributed by atoms with van der Waals surface area (Å²) in [6.45, 7) is 6.68. The van der Waals surface area contributed by atoms with Crippen molar-refractivity contribution in [1.29, 1.82) is 0 Å². The van der Waals surface area contributed by atoms with Crippen LogP contribution in [-0.4, -0.2) is 16.8 Å². The van der Waals surface area contributed by atoms with Gasteiger partial charge in [0.15, 0.2) is 0 Å². The van der Waals surface area contributed by atoms with Crippen molar-refractivity contribution in [2.24, 2.45) is 5.92 Å². The summed E-state index contributed by atoms with van der Waals surface area (Å²) in [6, 6.07) is 7.27. The number of aliphatic hydroxyl groups excluding tert-OH is 1. The Kier molecular flexibility index (Phi) is 4.41. The fraction of sp³-hybridized carbons (Fsp3) is 0.333. The summed E-state index contributed by atoms with van der Waals surface area (Å²) in [4.78, 5) is 0. The Labute approximate surface area is 125 Å². The van der Waals surface area contributed by atoms with E-state index in [0.29, 0.717) is 6.61 Å². The Morgan fingerprint density at radius 1 is 1.33 bits per heavy atom. The molecule has 0 amide bonds. The molecule has 21 heavy (non-hydrogen) atoms. The molecular weight excluding hydrogens is 264 g/mol. The van der Waals surface area contributed by atoms with Gasteiger partial charge in [0.1, 0.15) is 11.5 Å². The van der Waals surface area contributed by atoms with E-state index < -0.39 is 0 Å². The third-order valence-electron chi connectivity index (χ3n) is 4.33. The number of ether oxygens (including phenoxy) is 1. The van der Waals surface area contributed by atoms with Crippen LogP contribution in [0.25, 0.3) is 0 Å². The molecule has 2 unspecified atom stereocenters. The van der Waals surface area contributed by atoms with E-state index in [9.17, 15) is 10.2 Å². The zero-order valence-electron chi connectivity index (χ0n) is 12.7. The molecule has 0 spiro atoms. The average molecular weight is 286 g/mol. The second-order valence-corrected chi connectivity index (χ2v) is 5.66. The van der Waals surface area contributed by atoms with Crippen LogP contribution < -0.4 is 0 Å². The van der Waals surface area contributed by atoms with Crippen LogP contribution in [0, 0.1) is 5.92 Å². The number of phenols is 1. The molecule has 0 aromatic heterocycles. The molecule has 2 rings (SSSR count). The van der Waals surface area contributed by atoms with Gasteiger partial charge in [-0.15, -0.1) is 0 Å². The van der Waals surface area contributed by atoms with Crippen LogP contribution in [-0.2, 0) is 10.2 Å². The molecule has 1 aliphatic rings. The van der Waals surface area contributed by atoms with Crippen molar-refractivity contribution in [1.82, 2.24) is 0 Å². The lowest BCUT2D eigenvalue weighted by molar-refractivity contribution is 0.122. The average Bonchev–Trinajstić information content (AvgIpc) is 2.49. The predicted molar refractivity (Wildman–Crippen MR) is 84.2 cm³/mol. The summed E-state index contributed by atoms with van der Waals surface area (Å²) in [5.74, 6) is 0.733. The molecule has 1 aliphatic heterocycles. The van der Waals surface area contributed by atoms with E-state index >= 15 is 0 Å². The maximum atomic E-state index is 9.53. The third kappa shape index (κ3) is 3.13. The molecule has 2 atom stereocenters. The van der Waals surface area contributed by atoms with Gasteiger partial charge in [-0.05, 0) is 48.3 Å². The quantitative estimate of drug-likeness (QED) is 0.646. The van der Waals surface area contributed by atoms with Crippen LogP contribution >= 0.6 is 0 Å². The lowest BCUT2D eigenvalue weighted by Crippen LogP contribution is -2.38. The van der Waals surface area contributed by atoms with Crippen molar-refractivity contribution in [3.8, 4) is 5.75 Å². The molecule has 1 aromatic carbocycles. The van der Waals surface area contributed by atoms with E-state index in [2.05, 4.69) is 13.8 Å². The van der Waals surface area contributed by atoms with Gasteiger partial charge in [0.2, 0.25) is 0 Å². The highest BCUT2D eigenvalue weighted by molar-refractivity contribution is 5.37. The van der Waals surface area contributed by atoms with Gasteiger partial charge in [-0.1, -0.05) is 32.1 Å². The molecule has 2 N–H and O–H groups in total. The molecule has 1 heterocycles. The van der Waals surface area contributed by atoms with Gasteiger partial charge in [0, 0.05) is 5.41 Å². The van der Waals surface area contributed by atoms with Gasteiger partial charge >= 0.3 is 0 Å². The minimum Gasteiger partial charge on any atom is -0.508 e. The highest BCUT2D eigenvalue weighted by Crippen LogP contribution is 2.40. The van der Waals surface area contributed by atoms with Crippen molar-refractivity contribution in [2.75, 3.05) is 6.61 Å². The molecule has 0 bridgehead atoms. The Bertz CT molecular complexity index is 581. The summed E-state index contributed by atoms with van der Waals surface area (Å²) >= 11 is 0. The molecule has 0 radical (unpaired) electrons. The molecule has 0 saturated carbocycles. The first kappa shape index (κ1) is 15.2. The molecule has 0 aliphatic carbocycles. The number of rotatable bonds is 3. The number of phenolic OH excluding ortho intramolecular Hbond substituents is 1. The third-order valence-corrected chi connectivity index (χ3v) is 4.33. The standard InChI is InChI=1S/C18H22O3/c1-4-16(19)8-5-14-11-21-12-18(3,13(14)2)15-6-9-17(20)10-7-15/h4-11,13,19-20H,12H2,1-3H3/b8-5-,16-4+. The van der Waals surface area contributed by atoms with Gasteiger partial charge in [-0.2, -0.15) is 0 Å². The van der Waals surface area contributed by atoms with Crippen molar-refractivity contribution in [3.63, 3.8) is 0 Å². The zero-order valence-corrected chi connectivity index (χ0v) is 12.7. The smallest absolute Gasteiger partial charge is 0.115 e. The largest absolute Gasteiger partial charge is 0.508 e. The highest BCUT2D eigenvalue weighted by atomic mass is 16.5. The Hall–Kier alpha value is -2.16. The summed E-state index contributed by atoms with van der Waals surface area (Å²) in [5, 5.41) is 19.0. The number of benzene rings is 1. The second-order valence-electron chi connectivity index (χ2n) is 5.66. The fourth-order valence-electron chi connectivity index (χ4n) is 2.54. The normalized spacial score (nSPS) is 26.5. The highest BCUT2D eigenvalue weighted by Gasteiger charge is 2.37. The van der Waals surface area contributed by atoms with Crippen LogP contribution in [0.2, 0.25) is 0 Å². The van der Waals surface area contributed by atoms with Crippen molar-refractivity contribution < 1.29 is 14.9 Å². The first-order valence-corrected chi connectivity index (χ1v) is 7.12. The number of hydrogen-bond acceptors (Lipinski definition) is 3. The first-order valence-electron chi connectivity index (χ1n) is 7.12. The molecule has 3 heteroatoms.